The van der Waals surface area contributed by atoms with E-state index < -0.39 is 0 Å². The summed E-state index contributed by atoms with van der Waals surface area (Å²) in [6, 6.07) is 10.7. The van der Waals surface area contributed by atoms with Crippen LogP contribution < -0.4 is 10.1 Å². The molecule has 0 spiro atoms. The molecule has 1 amide bonds. The fourth-order valence-electron chi connectivity index (χ4n) is 2.46. The number of amides is 1. The number of hydrogen-bond acceptors (Lipinski definition) is 6. The van der Waals surface area contributed by atoms with E-state index >= 15 is 0 Å². The number of rotatable bonds is 7. The van der Waals surface area contributed by atoms with Crippen molar-refractivity contribution in [3.05, 3.63) is 47.6 Å². The lowest BCUT2D eigenvalue weighted by molar-refractivity contribution is -0.113. The second-order valence-corrected chi connectivity index (χ2v) is 6.83. The van der Waals surface area contributed by atoms with E-state index in [1.165, 1.54) is 18.9 Å². The van der Waals surface area contributed by atoms with Gasteiger partial charge in [-0.25, -0.2) is 0 Å². The number of pyridine rings is 1. The van der Waals surface area contributed by atoms with Gasteiger partial charge in [-0.2, -0.15) is 0 Å². The fourth-order valence-corrected chi connectivity index (χ4v) is 3.43. The summed E-state index contributed by atoms with van der Waals surface area (Å²) < 4.78 is 7.17. The number of carbonyl (C=O) groups is 1. The Kier molecular flexibility index (Phi) is 6.31. The lowest BCUT2D eigenvalue weighted by Crippen LogP contribution is -2.15. The molecule has 0 saturated carbocycles. The van der Waals surface area contributed by atoms with Crippen molar-refractivity contribution in [1.82, 2.24) is 19.7 Å². The van der Waals surface area contributed by atoms with Gasteiger partial charge in [0.1, 0.15) is 11.4 Å². The Morgan fingerprint density at radius 1 is 1.30 bits per heavy atom. The van der Waals surface area contributed by atoms with Crippen molar-refractivity contribution < 1.29 is 9.53 Å². The summed E-state index contributed by atoms with van der Waals surface area (Å²) in [7, 11) is 1.54. The zero-order chi connectivity index (χ0) is 19.2. The summed E-state index contributed by atoms with van der Waals surface area (Å²) in [5.41, 5.74) is 1.27. The number of methoxy groups -OCH3 is 1. The molecule has 2 aromatic heterocycles. The van der Waals surface area contributed by atoms with Crippen LogP contribution in [0, 0.1) is 0 Å². The Hall–Kier alpha value is -2.58. The van der Waals surface area contributed by atoms with Crippen LogP contribution in [0.25, 0.3) is 11.5 Å². The minimum Gasteiger partial charge on any atom is -0.495 e. The summed E-state index contributed by atoms with van der Waals surface area (Å²) in [5, 5.41) is 12.4. The van der Waals surface area contributed by atoms with Gasteiger partial charge in [0.2, 0.25) is 5.91 Å². The Morgan fingerprint density at radius 2 is 2.15 bits per heavy atom. The monoisotopic (exact) mass is 403 g/mol. The number of nitrogens with zero attached hydrogens (tertiary/aromatic N) is 4. The van der Waals surface area contributed by atoms with E-state index in [9.17, 15) is 4.79 Å². The van der Waals surface area contributed by atoms with Crippen LogP contribution in [-0.2, 0) is 11.3 Å². The standard InChI is InChI=1S/C18H18ClN5O2S/c1-3-24-17(13-6-4-5-9-20-13)22-23-18(24)27-11-16(25)21-14-10-12(19)7-8-15(14)26-2/h4-10H,3,11H2,1-2H3,(H,21,25). The number of hydrogen-bond donors (Lipinski definition) is 1. The molecule has 3 aromatic rings. The van der Waals surface area contributed by atoms with Gasteiger partial charge in [-0.15, -0.1) is 10.2 Å². The Balaban J connectivity index is 1.69. The number of aromatic nitrogens is 4. The van der Waals surface area contributed by atoms with Gasteiger partial charge in [0, 0.05) is 17.8 Å². The second kappa shape index (κ2) is 8.88. The van der Waals surface area contributed by atoms with Crippen LogP contribution in [0.2, 0.25) is 5.02 Å². The van der Waals surface area contributed by atoms with E-state index in [-0.39, 0.29) is 11.7 Å². The number of carbonyl (C=O) groups excluding carboxylic acids is 1. The predicted octanol–water partition coefficient (Wildman–Crippen LogP) is 3.75. The maximum Gasteiger partial charge on any atom is 0.234 e. The molecule has 140 valence electrons. The van der Waals surface area contributed by atoms with E-state index in [1.807, 2.05) is 29.7 Å². The van der Waals surface area contributed by atoms with Crippen molar-refractivity contribution in [2.75, 3.05) is 18.2 Å². The van der Waals surface area contributed by atoms with Gasteiger partial charge in [0.15, 0.2) is 11.0 Å². The predicted molar refractivity (Wildman–Crippen MR) is 106 cm³/mol. The normalized spacial score (nSPS) is 10.6. The summed E-state index contributed by atoms with van der Waals surface area (Å²) >= 11 is 7.30. The first-order valence-electron chi connectivity index (χ1n) is 8.23. The molecule has 3 rings (SSSR count). The van der Waals surface area contributed by atoms with Crippen LogP contribution in [0.1, 0.15) is 6.92 Å². The first-order valence-corrected chi connectivity index (χ1v) is 9.59. The number of halogens is 1. The van der Waals surface area contributed by atoms with E-state index in [1.54, 1.807) is 24.4 Å². The van der Waals surface area contributed by atoms with Crippen molar-refractivity contribution in [2.45, 2.75) is 18.6 Å². The second-order valence-electron chi connectivity index (χ2n) is 5.45. The number of anilines is 1. The molecule has 27 heavy (non-hydrogen) atoms. The van der Waals surface area contributed by atoms with Gasteiger partial charge in [0.25, 0.3) is 0 Å². The molecule has 7 nitrogen and oxygen atoms in total. The maximum atomic E-state index is 12.3. The van der Waals surface area contributed by atoms with Crippen molar-refractivity contribution in [1.29, 1.82) is 0 Å². The van der Waals surface area contributed by atoms with Gasteiger partial charge in [-0.05, 0) is 37.3 Å². The zero-order valence-electron chi connectivity index (χ0n) is 14.8. The van der Waals surface area contributed by atoms with Crippen molar-refractivity contribution in [3.8, 4) is 17.3 Å². The fraction of sp³-hybridized carbons (Fsp3) is 0.222. The number of thioether (sulfide) groups is 1. The van der Waals surface area contributed by atoms with Gasteiger partial charge >= 0.3 is 0 Å². The molecular weight excluding hydrogens is 386 g/mol. The highest BCUT2D eigenvalue weighted by Crippen LogP contribution is 2.28. The molecule has 0 bridgehead atoms. The number of nitrogens with one attached hydrogen (secondary N) is 1. The minimum atomic E-state index is -0.189. The number of ether oxygens (including phenoxy) is 1. The molecule has 0 aliphatic rings. The quantitative estimate of drug-likeness (QED) is 0.605. The summed E-state index contributed by atoms with van der Waals surface area (Å²) in [4.78, 5) is 16.7. The van der Waals surface area contributed by atoms with Crippen LogP contribution in [0.4, 0.5) is 5.69 Å². The molecule has 1 aromatic carbocycles. The number of benzene rings is 1. The minimum absolute atomic E-state index is 0.177. The van der Waals surface area contributed by atoms with Crippen molar-refractivity contribution >= 4 is 35.0 Å². The zero-order valence-corrected chi connectivity index (χ0v) is 16.4. The van der Waals surface area contributed by atoms with E-state index in [0.717, 1.165) is 5.69 Å². The van der Waals surface area contributed by atoms with E-state index in [0.29, 0.717) is 34.0 Å². The Bertz CT molecular complexity index is 933. The molecular formula is C18H18ClN5O2S. The van der Waals surface area contributed by atoms with Crippen molar-refractivity contribution in [2.24, 2.45) is 0 Å². The van der Waals surface area contributed by atoms with Gasteiger partial charge in [0.05, 0.1) is 18.6 Å². The third-order valence-corrected chi connectivity index (χ3v) is 4.90. The smallest absolute Gasteiger partial charge is 0.234 e. The van der Waals surface area contributed by atoms with Gasteiger partial charge in [-0.3, -0.25) is 9.78 Å². The van der Waals surface area contributed by atoms with E-state index in [4.69, 9.17) is 16.3 Å². The largest absolute Gasteiger partial charge is 0.495 e. The third kappa shape index (κ3) is 4.58. The topological polar surface area (TPSA) is 81.9 Å². The van der Waals surface area contributed by atoms with Crippen LogP contribution in [-0.4, -0.2) is 38.5 Å². The highest BCUT2D eigenvalue weighted by atomic mass is 35.5. The lowest BCUT2D eigenvalue weighted by atomic mass is 10.3. The van der Waals surface area contributed by atoms with Crippen LogP contribution in [0.5, 0.6) is 5.75 Å². The summed E-state index contributed by atoms with van der Waals surface area (Å²) in [6.07, 6.45) is 1.71. The van der Waals surface area contributed by atoms with Crippen molar-refractivity contribution in [3.63, 3.8) is 0 Å². The SMILES string of the molecule is CCn1c(SCC(=O)Nc2cc(Cl)ccc2OC)nnc1-c1ccccn1. The highest BCUT2D eigenvalue weighted by Gasteiger charge is 2.16. The average Bonchev–Trinajstić information content (AvgIpc) is 3.10. The van der Waals surface area contributed by atoms with Gasteiger partial charge < -0.3 is 14.6 Å². The third-order valence-electron chi connectivity index (χ3n) is 3.70. The molecule has 0 aliphatic carbocycles. The first-order chi connectivity index (χ1) is 13.1. The average molecular weight is 404 g/mol. The van der Waals surface area contributed by atoms with Crippen LogP contribution in [0.15, 0.2) is 47.8 Å². The lowest BCUT2D eigenvalue weighted by Gasteiger charge is -2.10. The molecule has 0 aliphatic heterocycles. The maximum absolute atomic E-state index is 12.3. The molecule has 0 fully saturated rings. The molecule has 1 N–H and O–H groups in total. The molecule has 2 heterocycles. The molecule has 0 unspecified atom stereocenters. The molecule has 0 saturated heterocycles. The van der Waals surface area contributed by atoms with Gasteiger partial charge in [-0.1, -0.05) is 29.4 Å². The molecule has 9 heteroatoms. The Morgan fingerprint density at radius 3 is 2.85 bits per heavy atom. The van der Waals surface area contributed by atoms with Crippen LogP contribution in [0.3, 0.4) is 0 Å². The summed E-state index contributed by atoms with van der Waals surface area (Å²) in [5.74, 6) is 1.21. The van der Waals surface area contributed by atoms with Crippen LogP contribution >= 0.6 is 23.4 Å². The van der Waals surface area contributed by atoms with E-state index in [2.05, 4.69) is 20.5 Å². The highest BCUT2D eigenvalue weighted by molar-refractivity contribution is 7.99. The summed E-state index contributed by atoms with van der Waals surface area (Å²) in [6.45, 7) is 2.67. The Labute approximate surface area is 166 Å². The molecule has 0 radical (unpaired) electrons. The molecule has 0 atom stereocenters. The first kappa shape index (κ1) is 19.2.